The molecule has 1 saturated heterocycles. The average molecular weight is 389 g/mol. The number of nitrogens with zero attached hydrogens (tertiary/aromatic N) is 6. The number of piperidine rings is 1. The lowest BCUT2D eigenvalue weighted by Gasteiger charge is -2.33. The number of carboxylic acid groups (broad SMARTS) is 1. The van der Waals surface area contributed by atoms with Gasteiger partial charge in [-0.05, 0) is 33.6 Å². The molecule has 3 heterocycles. The maximum absolute atomic E-state index is 12.2. The molecule has 1 aliphatic heterocycles. The maximum atomic E-state index is 12.2. The van der Waals surface area contributed by atoms with E-state index in [1.54, 1.807) is 15.8 Å². The minimum Gasteiger partial charge on any atom is -0.476 e. The number of nitrogens with two attached hydrogens (primary N) is 1. The summed E-state index contributed by atoms with van der Waals surface area (Å²) in [6.07, 6.45) is 4.15. The number of amides is 1. The summed E-state index contributed by atoms with van der Waals surface area (Å²) in [5.74, 6) is -1.41. The van der Waals surface area contributed by atoms with Gasteiger partial charge in [-0.2, -0.15) is 0 Å². The van der Waals surface area contributed by atoms with E-state index in [0.29, 0.717) is 31.6 Å². The molecule has 11 heteroatoms. The number of anilines is 1. The monoisotopic (exact) mass is 389 g/mol. The Labute approximate surface area is 161 Å². The number of rotatable bonds is 3. The van der Waals surface area contributed by atoms with Crippen LogP contribution in [0.1, 0.15) is 50.1 Å². The quantitative estimate of drug-likeness (QED) is 0.797. The minimum atomic E-state index is -1.26. The van der Waals surface area contributed by atoms with Crippen LogP contribution in [0.4, 0.5) is 10.6 Å². The van der Waals surface area contributed by atoms with Crippen molar-refractivity contribution in [3.63, 3.8) is 0 Å². The number of carbonyl (C=O) groups excluding carboxylic acids is 1. The summed E-state index contributed by atoms with van der Waals surface area (Å²) in [5, 5.41) is 17.3. The summed E-state index contributed by atoms with van der Waals surface area (Å²) in [6.45, 7) is 6.62. The average Bonchev–Trinajstić information content (AvgIpc) is 3.10. The summed E-state index contributed by atoms with van der Waals surface area (Å²) in [5.41, 5.74) is 5.37. The van der Waals surface area contributed by atoms with Crippen LogP contribution in [0.15, 0.2) is 12.4 Å². The zero-order valence-electron chi connectivity index (χ0n) is 16.0. The van der Waals surface area contributed by atoms with Gasteiger partial charge in [-0.25, -0.2) is 24.2 Å². The van der Waals surface area contributed by atoms with E-state index in [0.717, 1.165) is 0 Å². The SMILES string of the molecule is CC(C)(C)OC(=O)N1CCC(n2cc(-c3cnc(N)c(C(=O)O)n3)nn2)CC1. The molecule has 2 aromatic rings. The second-order valence-corrected chi connectivity index (χ2v) is 7.58. The second-order valence-electron chi connectivity index (χ2n) is 7.58. The third-order valence-electron chi connectivity index (χ3n) is 4.27. The molecule has 28 heavy (non-hydrogen) atoms. The number of hydrogen-bond donors (Lipinski definition) is 2. The fourth-order valence-corrected chi connectivity index (χ4v) is 2.89. The van der Waals surface area contributed by atoms with Gasteiger partial charge in [-0.3, -0.25) is 0 Å². The Morgan fingerprint density at radius 1 is 1.25 bits per heavy atom. The molecule has 150 valence electrons. The third-order valence-corrected chi connectivity index (χ3v) is 4.27. The van der Waals surface area contributed by atoms with Crippen LogP contribution in [0.25, 0.3) is 11.4 Å². The highest BCUT2D eigenvalue weighted by molar-refractivity contribution is 5.90. The number of ether oxygens (including phenoxy) is 1. The Bertz CT molecular complexity index is 882. The molecule has 0 saturated carbocycles. The van der Waals surface area contributed by atoms with E-state index in [1.165, 1.54) is 6.20 Å². The molecular formula is C17H23N7O4. The fourth-order valence-electron chi connectivity index (χ4n) is 2.89. The molecular weight excluding hydrogens is 366 g/mol. The van der Waals surface area contributed by atoms with Gasteiger partial charge in [0, 0.05) is 13.1 Å². The van der Waals surface area contributed by atoms with Crippen LogP contribution in [0.2, 0.25) is 0 Å². The lowest BCUT2D eigenvalue weighted by atomic mass is 10.1. The van der Waals surface area contributed by atoms with Crippen molar-refractivity contribution in [1.82, 2.24) is 29.9 Å². The first-order chi connectivity index (χ1) is 13.1. The van der Waals surface area contributed by atoms with Crippen molar-refractivity contribution in [3.8, 4) is 11.4 Å². The molecule has 0 unspecified atom stereocenters. The Kier molecular flexibility index (Phi) is 5.16. The van der Waals surface area contributed by atoms with Gasteiger partial charge >= 0.3 is 12.1 Å². The molecule has 3 N–H and O–H groups in total. The lowest BCUT2D eigenvalue weighted by Crippen LogP contribution is -2.42. The highest BCUT2D eigenvalue weighted by Crippen LogP contribution is 2.25. The van der Waals surface area contributed by atoms with E-state index in [2.05, 4.69) is 20.3 Å². The van der Waals surface area contributed by atoms with Crippen LogP contribution in [0.5, 0.6) is 0 Å². The van der Waals surface area contributed by atoms with Crippen molar-refractivity contribution in [2.24, 2.45) is 0 Å². The van der Waals surface area contributed by atoms with Crippen LogP contribution in [-0.2, 0) is 4.74 Å². The number of aromatic nitrogens is 5. The molecule has 2 aromatic heterocycles. The molecule has 1 fully saturated rings. The molecule has 3 rings (SSSR count). The Morgan fingerprint density at radius 3 is 2.54 bits per heavy atom. The van der Waals surface area contributed by atoms with Crippen molar-refractivity contribution >= 4 is 17.9 Å². The van der Waals surface area contributed by atoms with Gasteiger partial charge in [-0.15, -0.1) is 5.10 Å². The Balaban J connectivity index is 1.67. The van der Waals surface area contributed by atoms with Gasteiger partial charge in [-0.1, -0.05) is 5.21 Å². The third kappa shape index (κ3) is 4.35. The van der Waals surface area contributed by atoms with Gasteiger partial charge < -0.3 is 20.5 Å². The van der Waals surface area contributed by atoms with E-state index in [9.17, 15) is 9.59 Å². The standard InChI is InChI=1S/C17H23N7O4/c1-17(2,3)28-16(27)23-6-4-10(5-7-23)24-9-12(21-22-24)11-8-19-14(18)13(20-11)15(25)26/h8-10H,4-7H2,1-3H3,(H2,18,19)(H,25,26). The highest BCUT2D eigenvalue weighted by atomic mass is 16.6. The predicted molar refractivity (Wildman–Crippen MR) is 98.5 cm³/mol. The zero-order chi connectivity index (χ0) is 20.5. The molecule has 0 atom stereocenters. The molecule has 1 aliphatic rings. The van der Waals surface area contributed by atoms with Crippen molar-refractivity contribution in [2.45, 2.75) is 45.3 Å². The van der Waals surface area contributed by atoms with Crippen molar-refractivity contribution < 1.29 is 19.4 Å². The van der Waals surface area contributed by atoms with E-state index < -0.39 is 11.6 Å². The fraction of sp³-hybridized carbons (Fsp3) is 0.529. The summed E-state index contributed by atoms with van der Waals surface area (Å²) in [7, 11) is 0. The Morgan fingerprint density at radius 2 is 1.93 bits per heavy atom. The number of aromatic carboxylic acids is 1. The van der Waals surface area contributed by atoms with Crippen molar-refractivity contribution in [2.75, 3.05) is 18.8 Å². The summed E-state index contributed by atoms with van der Waals surface area (Å²) >= 11 is 0. The summed E-state index contributed by atoms with van der Waals surface area (Å²) in [6, 6.07) is 0.0700. The zero-order valence-corrected chi connectivity index (χ0v) is 16.0. The Hall–Kier alpha value is -3.24. The van der Waals surface area contributed by atoms with Gasteiger partial charge in [0.1, 0.15) is 17.0 Å². The molecule has 0 aliphatic carbocycles. The van der Waals surface area contributed by atoms with Gasteiger partial charge in [0.2, 0.25) is 0 Å². The summed E-state index contributed by atoms with van der Waals surface area (Å²) < 4.78 is 7.11. The van der Waals surface area contributed by atoms with E-state index in [4.69, 9.17) is 15.6 Å². The number of hydrogen-bond acceptors (Lipinski definition) is 8. The number of nitrogen functional groups attached to an aromatic ring is 1. The molecule has 0 bridgehead atoms. The largest absolute Gasteiger partial charge is 0.476 e. The van der Waals surface area contributed by atoms with Crippen molar-refractivity contribution in [3.05, 3.63) is 18.1 Å². The first-order valence-electron chi connectivity index (χ1n) is 8.90. The van der Waals surface area contributed by atoms with E-state index in [1.807, 2.05) is 20.8 Å². The normalized spacial score (nSPS) is 15.5. The lowest BCUT2D eigenvalue weighted by molar-refractivity contribution is 0.0184. The number of carboxylic acids is 1. The predicted octanol–water partition coefficient (Wildman–Crippen LogP) is 1.59. The highest BCUT2D eigenvalue weighted by Gasteiger charge is 2.28. The van der Waals surface area contributed by atoms with Crippen LogP contribution in [0.3, 0.4) is 0 Å². The first-order valence-corrected chi connectivity index (χ1v) is 8.90. The van der Waals surface area contributed by atoms with Gasteiger partial charge in [0.15, 0.2) is 11.5 Å². The molecule has 0 spiro atoms. The van der Waals surface area contributed by atoms with E-state index >= 15 is 0 Å². The van der Waals surface area contributed by atoms with Gasteiger partial charge in [0.25, 0.3) is 0 Å². The molecule has 0 aromatic carbocycles. The van der Waals surface area contributed by atoms with Crippen LogP contribution < -0.4 is 5.73 Å². The van der Waals surface area contributed by atoms with Gasteiger partial charge in [0.05, 0.1) is 18.4 Å². The van der Waals surface area contributed by atoms with Crippen molar-refractivity contribution in [1.29, 1.82) is 0 Å². The summed E-state index contributed by atoms with van der Waals surface area (Å²) in [4.78, 5) is 32.9. The number of likely N-dealkylation sites (tertiary alicyclic amines) is 1. The van der Waals surface area contributed by atoms with E-state index in [-0.39, 0.29) is 29.3 Å². The van der Waals surface area contributed by atoms with Crippen LogP contribution >= 0.6 is 0 Å². The minimum absolute atomic E-state index is 0.0700. The smallest absolute Gasteiger partial charge is 0.410 e. The van der Waals surface area contributed by atoms with Crippen LogP contribution in [0, 0.1) is 0 Å². The molecule has 1 amide bonds. The first kappa shape index (κ1) is 19.5. The molecule has 0 radical (unpaired) electrons. The van der Waals surface area contributed by atoms with Crippen LogP contribution in [-0.4, -0.2) is 65.7 Å². The second kappa shape index (κ2) is 7.41. The molecule has 11 nitrogen and oxygen atoms in total. The maximum Gasteiger partial charge on any atom is 0.410 e. The number of carbonyl (C=O) groups is 2. The topological polar surface area (TPSA) is 149 Å².